The second-order valence-corrected chi connectivity index (χ2v) is 3.04. The van der Waals surface area contributed by atoms with Crippen molar-refractivity contribution in [3.8, 4) is 5.75 Å². The molecule has 7 heteroatoms. The SMILES string of the molecule is O=Cc1c(OC(F)F)ccc(F)c1/C=C/C(=O)O. The van der Waals surface area contributed by atoms with E-state index in [1.54, 1.807) is 0 Å². The number of aldehydes is 1. The molecule has 4 nitrogen and oxygen atoms in total. The van der Waals surface area contributed by atoms with E-state index in [1.165, 1.54) is 0 Å². The minimum Gasteiger partial charge on any atom is -0.478 e. The van der Waals surface area contributed by atoms with Gasteiger partial charge in [-0.3, -0.25) is 4.79 Å². The number of hydrogen-bond acceptors (Lipinski definition) is 3. The van der Waals surface area contributed by atoms with Crippen molar-refractivity contribution in [2.75, 3.05) is 0 Å². The predicted octanol–water partition coefficient (Wildman–Crippen LogP) is 2.34. The van der Waals surface area contributed by atoms with Gasteiger partial charge < -0.3 is 9.84 Å². The number of ether oxygens (including phenoxy) is 1. The van der Waals surface area contributed by atoms with Gasteiger partial charge in [0.2, 0.25) is 0 Å². The quantitative estimate of drug-likeness (QED) is 0.652. The fraction of sp³-hybridized carbons (Fsp3) is 0.0909. The number of aliphatic carboxylic acids is 1. The molecular weight excluding hydrogens is 253 g/mol. The van der Waals surface area contributed by atoms with E-state index in [0.717, 1.165) is 18.2 Å². The van der Waals surface area contributed by atoms with E-state index in [9.17, 15) is 22.8 Å². The third-order valence-electron chi connectivity index (χ3n) is 1.92. The summed E-state index contributed by atoms with van der Waals surface area (Å²) in [7, 11) is 0. The third-order valence-corrected chi connectivity index (χ3v) is 1.92. The summed E-state index contributed by atoms with van der Waals surface area (Å²) >= 11 is 0. The zero-order valence-electron chi connectivity index (χ0n) is 8.77. The third kappa shape index (κ3) is 3.34. The van der Waals surface area contributed by atoms with Crippen molar-refractivity contribution in [1.29, 1.82) is 0 Å². The highest BCUT2D eigenvalue weighted by Gasteiger charge is 2.15. The highest BCUT2D eigenvalue weighted by Crippen LogP contribution is 2.26. The number of carbonyl (C=O) groups is 2. The molecule has 18 heavy (non-hydrogen) atoms. The Morgan fingerprint density at radius 2 is 2.00 bits per heavy atom. The van der Waals surface area contributed by atoms with Crippen LogP contribution in [0.15, 0.2) is 18.2 Å². The standard InChI is InChI=1S/C11H7F3O4/c12-8-2-3-9(18-11(13)14)7(5-15)6(8)1-4-10(16)17/h1-5,11H,(H,16,17)/b4-1+. The van der Waals surface area contributed by atoms with Gasteiger partial charge >= 0.3 is 12.6 Å². The maximum absolute atomic E-state index is 13.4. The molecule has 0 aliphatic carbocycles. The van der Waals surface area contributed by atoms with Crippen molar-refractivity contribution in [3.05, 3.63) is 35.2 Å². The van der Waals surface area contributed by atoms with E-state index in [2.05, 4.69) is 4.74 Å². The Labute approximate surface area is 99.3 Å². The van der Waals surface area contributed by atoms with Gasteiger partial charge in [0.05, 0.1) is 5.56 Å². The van der Waals surface area contributed by atoms with Crippen molar-refractivity contribution in [2.45, 2.75) is 6.61 Å². The smallest absolute Gasteiger partial charge is 0.387 e. The topological polar surface area (TPSA) is 63.6 Å². The fourth-order valence-electron chi connectivity index (χ4n) is 1.23. The van der Waals surface area contributed by atoms with Crippen LogP contribution in [0, 0.1) is 5.82 Å². The van der Waals surface area contributed by atoms with Gasteiger partial charge in [0.25, 0.3) is 0 Å². The predicted molar refractivity (Wildman–Crippen MR) is 55.1 cm³/mol. The Morgan fingerprint density at radius 1 is 1.33 bits per heavy atom. The van der Waals surface area contributed by atoms with Gasteiger partial charge in [0.15, 0.2) is 6.29 Å². The van der Waals surface area contributed by atoms with E-state index >= 15 is 0 Å². The van der Waals surface area contributed by atoms with Crippen molar-refractivity contribution in [3.63, 3.8) is 0 Å². The molecule has 0 bridgehead atoms. The van der Waals surface area contributed by atoms with Gasteiger partial charge in [-0.05, 0) is 18.2 Å². The molecule has 1 aromatic rings. The molecule has 0 aliphatic rings. The molecule has 0 unspecified atom stereocenters. The first-order chi connectivity index (χ1) is 8.45. The lowest BCUT2D eigenvalue weighted by molar-refractivity contribution is -0.131. The minimum absolute atomic E-state index is 0.113. The highest BCUT2D eigenvalue weighted by molar-refractivity contribution is 5.90. The molecule has 1 aromatic carbocycles. The van der Waals surface area contributed by atoms with E-state index < -0.39 is 35.3 Å². The van der Waals surface area contributed by atoms with Crippen LogP contribution < -0.4 is 4.74 Å². The second-order valence-electron chi connectivity index (χ2n) is 3.04. The molecule has 1 rings (SSSR count). The van der Waals surface area contributed by atoms with Crippen LogP contribution in [0.4, 0.5) is 13.2 Å². The number of hydrogen-bond donors (Lipinski definition) is 1. The Kier molecular flexibility index (Phi) is 4.47. The molecule has 0 spiro atoms. The number of carboxylic acids is 1. The lowest BCUT2D eigenvalue weighted by Gasteiger charge is -2.09. The molecular formula is C11H7F3O4. The summed E-state index contributed by atoms with van der Waals surface area (Å²) < 4.78 is 41.5. The molecule has 0 aromatic heterocycles. The molecule has 0 amide bonds. The van der Waals surface area contributed by atoms with Gasteiger partial charge in [-0.1, -0.05) is 0 Å². The van der Waals surface area contributed by atoms with Crippen LogP contribution in [-0.2, 0) is 4.79 Å². The van der Waals surface area contributed by atoms with Gasteiger partial charge in [-0.25, -0.2) is 9.18 Å². The molecule has 0 radical (unpaired) electrons. The lowest BCUT2D eigenvalue weighted by atomic mass is 10.1. The molecule has 1 N–H and O–H groups in total. The number of carboxylic acid groups (broad SMARTS) is 1. The summed E-state index contributed by atoms with van der Waals surface area (Å²) in [6, 6.07) is 1.66. The largest absolute Gasteiger partial charge is 0.478 e. The van der Waals surface area contributed by atoms with Gasteiger partial charge in [0.1, 0.15) is 11.6 Å². The highest BCUT2D eigenvalue weighted by atomic mass is 19.3. The van der Waals surface area contributed by atoms with Crippen LogP contribution in [0.2, 0.25) is 0 Å². The average Bonchev–Trinajstić information content (AvgIpc) is 2.28. The molecule has 96 valence electrons. The fourth-order valence-corrected chi connectivity index (χ4v) is 1.23. The summed E-state index contributed by atoms with van der Waals surface area (Å²) in [6.07, 6.45) is 1.49. The van der Waals surface area contributed by atoms with Crippen LogP contribution in [0.3, 0.4) is 0 Å². The van der Waals surface area contributed by atoms with Crippen molar-refractivity contribution in [1.82, 2.24) is 0 Å². The monoisotopic (exact) mass is 260 g/mol. The van der Waals surface area contributed by atoms with Crippen LogP contribution in [-0.4, -0.2) is 24.0 Å². The summed E-state index contributed by atoms with van der Waals surface area (Å²) in [5.41, 5.74) is -0.904. The Hall–Kier alpha value is -2.31. The Morgan fingerprint density at radius 3 is 2.50 bits per heavy atom. The lowest BCUT2D eigenvalue weighted by Crippen LogP contribution is -2.06. The van der Waals surface area contributed by atoms with Crippen LogP contribution in [0.5, 0.6) is 5.75 Å². The molecule has 0 saturated carbocycles. The van der Waals surface area contributed by atoms with Crippen LogP contribution in [0.25, 0.3) is 6.08 Å². The van der Waals surface area contributed by atoms with Gasteiger partial charge in [-0.2, -0.15) is 8.78 Å². The van der Waals surface area contributed by atoms with Crippen molar-refractivity contribution >= 4 is 18.3 Å². The second kappa shape index (κ2) is 5.85. The molecule has 0 atom stereocenters. The van der Waals surface area contributed by atoms with E-state index in [4.69, 9.17) is 5.11 Å². The van der Waals surface area contributed by atoms with E-state index in [1.807, 2.05) is 0 Å². The molecule has 0 saturated heterocycles. The Bertz CT molecular complexity index is 497. The zero-order chi connectivity index (χ0) is 13.7. The number of alkyl halides is 2. The summed E-state index contributed by atoms with van der Waals surface area (Å²) in [5, 5.41) is 8.40. The first-order valence-electron chi connectivity index (χ1n) is 4.59. The van der Waals surface area contributed by atoms with Gasteiger partial charge in [-0.15, -0.1) is 0 Å². The van der Waals surface area contributed by atoms with E-state index in [-0.39, 0.29) is 6.29 Å². The molecule has 0 aliphatic heterocycles. The average molecular weight is 260 g/mol. The van der Waals surface area contributed by atoms with Crippen LogP contribution in [0.1, 0.15) is 15.9 Å². The summed E-state index contributed by atoms with van der Waals surface area (Å²) in [5.74, 6) is -2.81. The summed E-state index contributed by atoms with van der Waals surface area (Å²) in [6.45, 7) is -3.18. The molecule has 0 fully saturated rings. The summed E-state index contributed by atoms with van der Waals surface area (Å²) in [4.78, 5) is 21.1. The zero-order valence-corrected chi connectivity index (χ0v) is 8.77. The number of benzene rings is 1. The Balaban J connectivity index is 3.29. The normalized spacial score (nSPS) is 10.9. The van der Waals surface area contributed by atoms with Crippen LogP contribution >= 0.6 is 0 Å². The molecule has 0 heterocycles. The first kappa shape index (κ1) is 13.8. The first-order valence-corrected chi connectivity index (χ1v) is 4.59. The van der Waals surface area contributed by atoms with Crippen molar-refractivity contribution in [2.24, 2.45) is 0 Å². The van der Waals surface area contributed by atoms with Gasteiger partial charge in [0, 0.05) is 11.6 Å². The minimum atomic E-state index is -3.18. The number of halogens is 3. The number of rotatable bonds is 5. The van der Waals surface area contributed by atoms with Crippen molar-refractivity contribution < 1.29 is 32.6 Å². The number of carbonyl (C=O) groups excluding carboxylic acids is 1. The maximum Gasteiger partial charge on any atom is 0.387 e. The van der Waals surface area contributed by atoms with E-state index in [0.29, 0.717) is 6.08 Å². The maximum atomic E-state index is 13.4.